The lowest BCUT2D eigenvalue weighted by Crippen LogP contribution is -2.42. The van der Waals surface area contributed by atoms with Gasteiger partial charge in [0.05, 0.1) is 36.9 Å². The van der Waals surface area contributed by atoms with Crippen molar-refractivity contribution < 1.29 is 62.2 Å². The molecule has 8 bridgehead atoms. The molecule has 0 amide bonds. The number of fused-ring (bicyclic) bond motifs is 20. The highest BCUT2D eigenvalue weighted by Gasteiger charge is 2.66. The zero-order valence-corrected chi connectivity index (χ0v) is 80.2. The standard InChI is InChI=1S/C29H48O4.C29H48O3.C26H42O4.C25H42O2/c1-4-19-15-20(5-2)28-23-17-21(27(19)28)16-22(23)24(32-26-11-7-10-14-31-26)18-25(30)33-29(6-3)12-8-9-13-29;1-4-19-14-20(5-2)27-24-16-21(26(19)27)15-22(24)17-28(3,31)18-25(30)32-29(12-8-9-13-29)23-10-6-7-11-23;1-5-17-12-18(6-2)25-21-14-19(24(17)25)13-20(21)22(29-16(4)27)15-23(28)30-26(7-3)10-8-9-11-26;1-5-17-13-18(6-2)23-21-15-19(22(17)23)14-20(21)16(4)24(26)27-25(7-3)11-9-8-10-12-25/h19-24,26-28H,4-18H2,1-3H3;19-24,26-27,31H,4-18H2,1-3H3;17-22,24-25H,5-15H2,1-4H3;16-23H,5-15H2,1-4H3. The van der Waals surface area contributed by atoms with Crippen molar-refractivity contribution in [1.82, 2.24) is 0 Å². The van der Waals surface area contributed by atoms with Crippen LogP contribution in [0.2, 0.25) is 0 Å². The van der Waals surface area contributed by atoms with Crippen LogP contribution in [0, 0.1) is 178 Å². The lowest BCUT2D eigenvalue weighted by atomic mass is 9.67. The average Bonchev–Trinajstić information content (AvgIpc) is 1.57. The third kappa shape index (κ3) is 19.3. The van der Waals surface area contributed by atoms with Crippen LogP contribution in [0.1, 0.15) is 424 Å². The molecule has 0 spiro atoms. The first-order chi connectivity index (χ1) is 58.9. The van der Waals surface area contributed by atoms with E-state index >= 15 is 0 Å². The molecule has 0 aromatic carbocycles. The van der Waals surface area contributed by atoms with Gasteiger partial charge in [-0.1, -0.05) is 154 Å². The Hall–Kier alpha value is -2.77. The SMILES string of the molecule is CCC1CC(CC)C2C3CC(CC3C(C)C(=O)OC3(CC)CCCCC3)C12.CCC1CC(CC)C2C3CC(CC3C(CC(=O)OC3(CC)CCCC3)OC(C)=O)C12.CCC1CC(CC)C2C3CC(CC3C(CC(=O)OC3(CC)CCCC3)OC3CCCCO3)C12.CCC1CC(CC)C2C3CC(CC3CC(C)(O)CC(=O)OC3(C4CCCC4)CCCC3)C12. The van der Waals surface area contributed by atoms with E-state index in [4.69, 9.17) is 33.2 Å². The van der Waals surface area contributed by atoms with Crippen LogP contribution < -0.4 is 0 Å². The highest BCUT2D eigenvalue weighted by Crippen LogP contribution is 2.71. The summed E-state index contributed by atoms with van der Waals surface area (Å²) >= 11 is 0. The van der Waals surface area contributed by atoms with Crippen LogP contribution in [0.15, 0.2) is 0 Å². The first-order valence-electron chi connectivity index (χ1n) is 53.9. The predicted octanol–water partition coefficient (Wildman–Crippen LogP) is 26.3. The van der Waals surface area contributed by atoms with Crippen molar-refractivity contribution in [1.29, 1.82) is 0 Å². The van der Waals surface area contributed by atoms with Gasteiger partial charge in [-0.25, -0.2) is 0 Å². The summed E-state index contributed by atoms with van der Waals surface area (Å²) in [4.78, 5) is 64.4. The smallest absolute Gasteiger partial charge is 0.310 e. The summed E-state index contributed by atoms with van der Waals surface area (Å²) < 4.78 is 43.3. The Morgan fingerprint density at radius 2 is 0.754 bits per heavy atom. The molecule has 0 radical (unpaired) electrons. The fourth-order valence-corrected chi connectivity index (χ4v) is 35.8. The van der Waals surface area contributed by atoms with Crippen LogP contribution in [0.5, 0.6) is 0 Å². The molecule has 122 heavy (non-hydrogen) atoms. The summed E-state index contributed by atoms with van der Waals surface area (Å²) in [6.45, 7) is 31.9. The largest absolute Gasteiger partial charge is 0.462 e. The van der Waals surface area contributed by atoms with Crippen molar-refractivity contribution in [2.75, 3.05) is 6.61 Å². The number of hydrogen-bond acceptors (Lipinski definition) is 13. The van der Waals surface area contributed by atoms with Crippen molar-refractivity contribution in [2.24, 2.45) is 178 Å². The molecule has 13 heteroatoms. The number of aliphatic hydroxyl groups is 1. The number of ether oxygens (including phenoxy) is 7. The average molecular weight is 1700 g/mol. The number of esters is 5. The summed E-state index contributed by atoms with van der Waals surface area (Å²) in [7, 11) is 0. The van der Waals surface area contributed by atoms with E-state index in [1.54, 1.807) is 0 Å². The summed E-state index contributed by atoms with van der Waals surface area (Å²) in [5.41, 5.74) is -1.77. The van der Waals surface area contributed by atoms with Gasteiger partial charge in [-0.15, -0.1) is 0 Å². The third-order valence-electron chi connectivity index (χ3n) is 41.1. The Labute approximate surface area is 742 Å². The molecule has 33 unspecified atom stereocenters. The topological polar surface area (TPSA) is 170 Å². The number of hydrogen-bond donors (Lipinski definition) is 1. The molecule has 1 saturated heterocycles. The Kier molecular flexibility index (Phi) is 31.2. The molecule has 17 aliphatic carbocycles. The van der Waals surface area contributed by atoms with Crippen molar-refractivity contribution in [3.63, 3.8) is 0 Å². The molecular formula is C109H180O13. The summed E-state index contributed by atoms with van der Waals surface area (Å²) in [6, 6.07) is 0. The fraction of sp³-hybridized carbons (Fsp3) is 0.954. The van der Waals surface area contributed by atoms with Gasteiger partial charge in [-0.3, -0.25) is 24.0 Å². The first-order valence-corrected chi connectivity index (χ1v) is 53.9. The summed E-state index contributed by atoms with van der Waals surface area (Å²) in [5, 5.41) is 11.4. The highest BCUT2D eigenvalue weighted by atomic mass is 16.7. The molecule has 1 heterocycles. The summed E-state index contributed by atoms with van der Waals surface area (Å²) in [5.74, 6) is 22.9. The normalized spacial score (nSPS) is 41.9. The van der Waals surface area contributed by atoms with E-state index in [-0.39, 0.29) is 89.5 Å². The molecule has 18 aliphatic rings. The van der Waals surface area contributed by atoms with E-state index in [0.29, 0.717) is 41.9 Å². The van der Waals surface area contributed by atoms with Gasteiger partial charge in [-0.05, 0) is 416 Å². The molecule has 1 aliphatic heterocycles. The Balaban J connectivity index is 0.000000127. The van der Waals surface area contributed by atoms with Crippen LogP contribution in [0.25, 0.3) is 0 Å². The maximum atomic E-state index is 13.3. The van der Waals surface area contributed by atoms with Gasteiger partial charge >= 0.3 is 29.8 Å². The Morgan fingerprint density at radius 1 is 0.385 bits per heavy atom. The quantitative estimate of drug-likeness (QED) is 0.0514. The van der Waals surface area contributed by atoms with Crippen molar-refractivity contribution in [3.8, 4) is 0 Å². The van der Waals surface area contributed by atoms with Gasteiger partial charge in [-0.2, -0.15) is 0 Å². The molecule has 694 valence electrons. The molecule has 18 rings (SSSR count). The Bertz CT molecular complexity index is 3380. The molecule has 33 atom stereocenters. The zero-order chi connectivity index (χ0) is 86.2. The van der Waals surface area contributed by atoms with Crippen molar-refractivity contribution >= 4 is 29.8 Å². The monoisotopic (exact) mass is 1700 g/mol. The van der Waals surface area contributed by atoms with Gasteiger partial charge < -0.3 is 38.3 Å². The van der Waals surface area contributed by atoms with Crippen molar-refractivity contribution in [3.05, 3.63) is 0 Å². The zero-order valence-electron chi connectivity index (χ0n) is 80.2. The second-order valence-corrected chi connectivity index (χ2v) is 46.6. The third-order valence-corrected chi connectivity index (χ3v) is 41.1. The molecule has 13 nitrogen and oxygen atoms in total. The molecule has 0 aromatic rings. The highest BCUT2D eigenvalue weighted by molar-refractivity contribution is 5.74. The van der Waals surface area contributed by atoms with E-state index < -0.39 is 5.60 Å². The van der Waals surface area contributed by atoms with Crippen LogP contribution in [0.3, 0.4) is 0 Å². The maximum Gasteiger partial charge on any atom is 0.310 e. The molecule has 0 aromatic heterocycles. The number of carbonyl (C=O) groups excluding carboxylic acids is 5. The van der Waals surface area contributed by atoms with E-state index in [0.717, 1.165) is 258 Å². The van der Waals surface area contributed by atoms with E-state index in [9.17, 15) is 29.1 Å². The molecule has 1 N–H and O–H groups in total. The van der Waals surface area contributed by atoms with Gasteiger partial charge in [0, 0.05) is 13.5 Å². The molecule has 18 fully saturated rings. The Morgan fingerprint density at radius 3 is 1.18 bits per heavy atom. The summed E-state index contributed by atoms with van der Waals surface area (Å²) in [6.07, 6.45) is 57.9. The minimum Gasteiger partial charge on any atom is -0.462 e. The number of carbonyl (C=O) groups is 5. The van der Waals surface area contributed by atoms with Gasteiger partial charge in [0.15, 0.2) is 6.29 Å². The minimum atomic E-state index is -0.929. The molecular weight excluding hydrogens is 1520 g/mol. The van der Waals surface area contributed by atoms with Crippen LogP contribution in [-0.2, 0) is 57.1 Å². The minimum absolute atomic E-state index is 0.0243. The van der Waals surface area contributed by atoms with E-state index in [1.807, 2.05) is 6.92 Å². The van der Waals surface area contributed by atoms with Crippen LogP contribution in [-0.4, -0.2) is 88.1 Å². The van der Waals surface area contributed by atoms with Gasteiger partial charge in [0.2, 0.25) is 0 Å². The second-order valence-electron chi connectivity index (χ2n) is 46.6. The van der Waals surface area contributed by atoms with E-state index in [1.165, 1.54) is 200 Å². The first kappa shape index (κ1) is 93.9. The van der Waals surface area contributed by atoms with Gasteiger partial charge in [0.25, 0.3) is 0 Å². The fourth-order valence-electron chi connectivity index (χ4n) is 35.8. The lowest BCUT2D eigenvalue weighted by Gasteiger charge is -2.40. The second kappa shape index (κ2) is 40.5. The molecule has 17 saturated carbocycles. The maximum absolute atomic E-state index is 13.3. The van der Waals surface area contributed by atoms with Gasteiger partial charge in [0.1, 0.15) is 28.5 Å². The van der Waals surface area contributed by atoms with Crippen LogP contribution >= 0.6 is 0 Å². The van der Waals surface area contributed by atoms with Crippen molar-refractivity contribution in [2.45, 2.75) is 471 Å². The van der Waals surface area contributed by atoms with Crippen LogP contribution in [0.4, 0.5) is 0 Å². The predicted molar refractivity (Wildman–Crippen MR) is 484 cm³/mol. The van der Waals surface area contributed by atoms with E-state index in [2.05, 4.69) is 83.1 Å². The number of rotatable bonds is 31. The lowest BCUT2D eigenvalue weighted by molar-refractivity contribution is -0.210.